The molecule has 1 rings (SSSR count). The quantitative estimate of drug-likeness (QED) is 0.532. The highest BCUT2D eigenvalue weighted by molar-refractivity contribution is 5.65. The summed E-state index contributed by atoms with van der Waals surface area (Å²) in [7, 11) is 1.38. The minimum Gasteiger partial charge on any atom is -0.313 e. The van der Waals surface area contributed by atoms with E-state index in [2.05, 4.69) is 0 Å². The summed E-state index contributed by atoms with van der Waals surface area (Å²) in [5.74, 6) is 0. The lowest BCUT2D eigenvalue weighted by molar-refractivity contribution is 0.183. The fraction of sp³-hybridized carbons (Fsp3) is 0.200. The Morgan fingerprint density at radius 3 is 2.50 bits per heavy atom. The fourth-order valence-electron chi connectivity index (χ4n) is 1.02. The molecular weight excluding hydrogens is 183 g/mol. The molecule has 0 aliphatic heterocycles. The molecule has 72 valence electrons. The summed E-state index contributed by atoms with van der Waals surface area (Å²) >= 11 is 0. The van der Waals surface area contributed by atoms with Crippen LogP contribution in [0.3, 0.4) is 0 Å². The average Bonchev–Trinajstić information content (AvgIpc) is 2.19. The third kappa shape index (κ3) is 2.56. The van der Waals surface area contributed by atoms with Crippen LogP contribution in [0.4, 0.5) is 9.18 Å². The lowest BCUT2D eigenvalue weighted by atomic mass is 10.1. The van der Waals surface area contributed by atoms with Gasteiger partial charge in [-0.3, -0.25) is 0 Å². The molecule has 0 atom stereocenters. The lowest BCUT2D eigenvalue weighted by Gasteiger charge is -2.11. The van der Waals surface area contributed by atoms with Crippen molar-refractivity contribution < 1.29 is 9.18 Å². The van der Waals surface area contributed by atoms with Crippen LogP contribution in [0.1, 0.15) is 11.1 Å². The second kappa shape index (κ2) is 4.38. The number of benzene rings is 1. The van der Waals surface area contributed by atoms with Gasteiger partial charge in [-0.05, 0) is 17.7 Å². The number of rotatable bonds is 2. The van der Waals surface area contributed by atoms with Crippen molar-refractivity contribution in [2.75, 3.05) is 7.05 Å². The Balaban J connectivity index is 2.70. The van der Waals surface area contributed by atoms with Crippen molar-refractivity contribution in [3.8, 4) is 6.07 Å². The SMILES string of the molecule is CN(Cc1ccc(C#N)cc1)C(=O)F. The Labute approximate surface area is 81.4 Å². The molecule has 0 aliphatic rings. The van der Waals surface area contributed by atoms with Crippen molar-refractivity contribution in [3.05, 3.63) is 35.4 Å². The highest BCUT2D eigenvalue weighted by Gasteiger charge is 2.06. The van der Waals surface area contributed by atoms with Gasteiger partial charge in [0.15, 0.2) is 0 Å². The predicted octanol–water partition coefficient (Wildman–Crippen LogP) is 2.08. The van der Waals surface area contributed by atoms with Crippen LogP contribution in [0.25, 0.3) is 0 Å². The maximum Gasteiger partial charge on any atom is 0.400 e. The molecule has 0 aromatic heterocycles. The van der Waals surface area contributed by atoms with Crippen molar-refractivity contribution in [1.29, 1.82) is 5.26 Å². The highest BCUT2D eigenvalue weighted by Crippen LogP contribution is 2.06. The molecule has 0 unspecified atom stereocenters. The smallest absolute Gasteiger partial charge is 0.313 e. The van der Waals surface area contributed by atoms with Gasteiger partial charge in [-0.1, -0.05) is 12.1 Å². The van der Waals surface area contributed by atoms with Gasteiger partial charge in [0, 0.05) is 13.6 Å². The molecule has 0 N–H and O–H groups in total. The first kappa shape index (κ1) is 10.2. The summed E-state index contributed by atoms with van der Waals surface area (Å²) in [5.41, 5.74) is 1.33. The van der Waals surface area contributed by atoms with E-state index in [1.165, 1.54) is 7.05 Å². The number of amides is 1. The number of carbonyl (C=O) groups is 1. The largest absolute Gasteiger partial charge is 0.400 e. The minimum atomic E-state index is -1.46. The fourth-order valence-corrected chi connectivity index (χ4v) is 1.02. The number of halogens is 1. The summed E-state index contributed by atoms with van der Waals surface area (Å²) in [6.45, 7) is 0.209. The maximum atomic E-state index is 12.2. The van der Waals surface area contributed by atoms with E-state index < -0.39 is 6.16 Å². The highest BCUT2D eigenvalue weighted by atomic mass is 19.1. The van der Waals surface area contributed by atoms with Crippen molar-refractivity contribution in [2.45, 2.75) is 6.54 Å². The van der Waals surface area contributed by atoms with Gasteiger partial charge in [-0.25, -0.2) is 4.79 Å². The van der Waals surface area contributed by atoms with Gasteiger partial charge < -0.3 is 4.90 Å². The van der Waals surface area contributed by atoms with Crippen LogP contribution in [0.15, 0.2) is 24.3 Å². The second-order valence-electron chi connectivity index (χ2n) is 2.92. The van der Waals surface area contributed by atoms with Crippen LogP contribution >= 0.6 is 0 Å². The van der Waals surface area contributed by atoms with Gasteiger partial charge in [-0.2, -0.15) is 5.26 Å². The molecule has 0 radical (unpaired) electrons. The van der Waals surface area contributed by atoms with Gasteiger partial charge >= 0.3 is 6.16 Å². The zero-order chi connectivity index (χ0) is 10.6. The van der Waals surface area contributed by atoms with E-state index in [0.717, 1.165) is 10.5 Å². The van der Waals surface area contributed by atoms with Crippen LogP contribution in [0.2, 0.25) is 0 Å². The Kier molecular flexibility index (Phi) is 3.19. The van der Waals surface area contributed by atoms with Crippen LogP contribution in [-0.2, 0) is 6.54 Å². The van der Waals surface area contributed by atoms with E-state index in [4.69, 9.17) is 5.26 Å². The first-order chi connectivity index (χ1) is 6.63. The molecule has 0 saturated heterocycles. The first-order valence-electron chi connectivity index (χ1n) is 4.03. The monoisotopic (exact) mass is 192 g/mol. The molecule has 0 bridgehead atoms. The normalized spacial score (nSPS) is 9.21. The summed E-state index contributed by atoms with van der Waals surface area (Å²) in [5, 5.41) is 8.52. The summed E-state index contributed by atoms with van der Waals surface area (Å²) < 4.78 is 12.2. The summed E-state index contributed by atoms with van der Waals surface area (Å²) in [6.07, 6.45) is -1.46. The molecule has 0 heterocycles. The Morgan fingerprint density at radius 1 is 1.50 bits per heavy atom. The molecule has 1 aromatic carbocycles. The summed E-state index contributed by atoms with van der Waals surface area (Å²) in [6, 6.07) is 8.62. The number of hydrogen-bond donors (Lipinski definition) is 0. The molecule has 0 spiro atoms. The van der Waals surface area contributed by atoms with E-state index in [-0.39, 0.29) is 6.54 Å². The number of hydrogen-bond acceptors (Lipinski definition) is 2. The molecule has 3 nitrogen and oxygen atoms in total. The average molecular weight is 192 g/mol. The molecular formula is C10H9FN2O. The van der Waals surface area contributed by atoms with E-state index >= 15 is 0 Å². The van der Waals surface area contributed by atoms with Gasteiger partial charge in [-0.15, -0.1) is 4.39 Å². The Bertz CT molecular complexity index is 367. The van der Waals surface area contributed by atoms with Crippen molar-refractivity contribution in [2.24, 2.45) is 0 Å². The van der Waals surface area contributed by atoms with Gasteiger partial charge in [0.25, 0.3) is 0 Å². The van der Waals surface area contributed by atoms with Crippen molar-refractivity contribution >= 4 is 6.16 Å². The van der Waals surface area contributed by atoms with E-state index in [9.17, 15) is 9.18 Å². The topological polar surface area (TPSA) is 44.1 Å². The second-order valence-corrected chi connectivity index (χ2v) is 2.92. The number of carbonyl (C=O) groups excluding carboxylic acids is 1. The number of nitrogens with zero attached hydrogens (tertiary/aromatic N) is 2. The molecule has 0 saturated carbocycles. The third-order valence-electron chi connectivity index (χ3n) is 1.80. The molecule has 1 amide bonds. The molecule has 1 aromatic rings. The first-order valence-corrected chi connectivity index (χ1v) is 4.03. The molecule has 0 fully saturated rings. The molecule has 4 heteroatoms. The van der Waals surface area contributed by atoms with E-state index in [0.29, 0.717) is 5.56 Å². The van der Waals surface area contributed by atoms with Crippen molar-refractivity contribution in [3.63, 3.8) is 0 Å². The van der Waals surface area contributed by atoms with Crippen LogP contribution in [0.5, 0.6) is 0 Å². The van der Waals surface area contributed by atoms with Crippen LogP contribution in [0, 0.1) is 11.3 Å². The minimum absolute atomic E-state index is 0.209. The van der Waals surface area contributed by atoms with Crippen LogP contribution in [-0.4, -0.2) is 18.1 Å². The van der Waals surface area contributed by atoms with E-state index in [1.807, 2.05) is 6.07 Å². The zero-order valence-corrected chi connectivity index (χ0v) is 7.70. The summed E-state index contributed by atoms with van der Waals surface area (Å²) in [4.78, 5) is 11.2. The van der Waals surface area contributed by atoms with Gasteiger partial charge in [0.1, 0.15) is 0 Å². The van der Waals surface area contributed by atoms with Gasteiger partial charge in [0.05, 0.1) is 11.6 Å². The third-order valence-corrected chi connectivity index (χ3v) is 1.80. The van der Waals surface area contributed by atoms with Crippen LogP contribution < -0.4 is 0 Å². The van der Waals surface area contributed by atoms with E-state index in [1.54, 1.807) is 24.3 Å². The predicted molar refractivity (Wildman–Crippen MR) is 49.1 cm³/mol. The van der Waals surface area contributed by atoms with Crippen molar-refractivity contribution in [1.82, 2.24) is 4.90 Å². The number of nitriles is 1. The maximum absolute atomic E-state index is 12.2. The Morgan fingerprint density at radius 2 is 2.07 bits per heavy atom. The Hall–Kier alpha value is -1.89. The van der Waals surface area contributed by atoms with Gasteiger partial charge in [0.2, 0.25) is 0 Å². The zero-order valence-electron chi connectivity index (χ0n) is 7.70. The standard InChI is InChI=1S/C10H9FN2O/c1-13(10(11)14)7-9-4-2-8(6-12)3-5-9/h2-5H,7H2,1H3. The molecule has 14 heavy (non-hydrogen) atoms. The lowest BCUT2D eigenvalue weighted by Crippen LogP contribution is -2.20. The molecule has 0 aliphatic carbocycles.